The monoisotopic (exact) mass is 237 g/mol. The molecule has 1 unspecified atom stereocenters. The second-order valence-electron chi connectivity index (χ2n) is 3.45. The molecular formula is C11H15N3O3. The molecule has 0 aliphatic heterocycles. The maximum atomic E-state index is 11.6. The Kier molecular flexibility index (Phi) is 5.12. The molecule has 92 valence electrons. The van der Waals surface area contributed by atoms with E-state index < -0.39 is 11.9 Å². The zero-order chi connectivity index (χ0) is 12.7. The number of benzene rings is 1. The zero-order valence-electron chi connectivity index (χ0n) is 9.47. The maximum absolute atomic E-state index is 11.6. The summed E-state index contributed by atoms with van der Waals surface area (Å²) in [6.07, 6.45) is 0. The Bertz CT molecular complexity index is 381. The van der Waals surface area contributed by atoms with Crippen molar-refractivity contribution in [2.75, 3.05) is 11.9 Å². The molecule has 0 spiro atoms. The average Bonchev–Trinajstić information content (AvgIpc) is 2.29. The summed E-state index contributed by atoms with van der Waals surface area (Å²) in [4.78, 5) is 26.7. The number of amides is 2. The number of anilines is 1. The van der Waals surface area contributed by atoms with E-state index in [-0.39, 0.29) is 12.5 Å². The largest absolute Gasteiger partial charge is 0.368 e. The average molecular weight is 237 g/mol. The van der Waals surface area contributed by atoms with E-state index in [9.17, 15) is 9.59 Å². The van der Waals surface area contributed by atoms with Gasteiger partial charge in [0.15, 0.2) is 0 Å². The topological polar surface area (TPSA) is 93.4 Å². The van der Waals surface area contributed by atoms with Crippen molar-refractivity contribution >= 4 is 17.5 Å². The van der Waals surface area contributed by atoms with Gasteiger partial charge < -0.3 is 11.1 Å². The van der Waals surface area contributed by atoms with Crippen molar-refractivity contribution in [2.45, 2.75) is 13.0 Å². The molecule has 0 aliphatic rings. The molecule has 1 atom stereocenters. The number of para-hydroxylation sites is 1. The van der Waals surface area contributed by atoms with Crippen molar-refractivity contribution in [1.29, 1.82) is 0 Å². The third-order valence-corrected chi connectivity index (χ3v) is 1.91. The summed E-state index contributed by atoms with van der Waals surface area (Å²) in [7, 11) is 0. The number of hydrogen-bond donors (Lipinski definition) is 3. The Hall–Kier alpha value is -1.92. The van der Waals surface area contributed by atoms with Crippen LogP contribution in [0.25, 0.3) is 0 Å². The van der Waals surface area contributed by atoms with E-state index in [1.54, 1.807) is 19.1 Å². The van der Waals surface area contributed by atoms with Gasteiger partial charge in [-0.15, -0.1) is 0 Å². The molecule has 1 rings (SSSR count). The molecule has 4 N–H and O–H groups in total. The number of primary amides is 1. The second kappa shape index (κ2) is 6.62. The fraction of sp³-hybridized carbons (Fsp3) is 0.273. The number of carbonyl (C=O) groups is 2. The molecule has 17 heavy (non-hydrogen) atoms. The molecule has 0 saturated heterocycles. The Balaban J connectivity index is 2.34. The van der Waals surface area contributed by atoms with Gasteiger partial charge in [0.25, 0.3) is 0 Å². The molecular weight excluding hydrogens is 222 g/mol. The van der Waals surface area contributed by atoms with Gasteiger partial charge in [-0.25, -0.2) is 0 Å². The quantitative estimate of drug-likeness (QED) is 0.608. The van der Waals surface area contributed by atoms with Gasteiger partial charge in [0.2, 0.25) is 11.8 Å². The van der Waals surface area contributed by atoms with Gasteiger partial charge in [-0.3, -0.25) is 14.4 Å². The number of rotatable bonds is 6. The minimum atomic E-state index is -0.604. The molecule has 0 heterocycles. The third kappa shape index (κ3) is 5.10. The summed E-state index contributed by atoms with van der Waals surface area (Å²) in [6.45, 7) is 1.34. The van der Waals surface area contributed by atoms with Crippen molar-refractivity contribution < 1.29 is 14.4 Å². The second-order valence-corrected chi connectivity index (χ2v) is 3.45. The number of nitrogens with one attached hydrogen (secondary N) is 2. The van der Waals surface area contributed by atoms with Gasteiger partial charge in [-0.2, -0.15) is 5.48 Å². The van der Waals surface area contributed by atoms with Crippen molar-refractivity contribution in [1.82, 2.24) is 5.48 Å². The lowest BCUT2D eigenvalue weighted by atomic mass is 10.3. The summed E-state index contributed by atoms with van der Waals surface area (Å²) >= 11 is 0. The third-order valence-electron chi connectivity index (χ3n) is 1.91. The van der Waals surface area contributed by atoms with Crippen LogP contribution in [0, 0.1) is 0 Å². The number of hydrogen-bond acceptors (Lipinski definition) is 4. The van der Waals surface area contributed by atoms with Gasteiger partial charge in [-0.1, -0.05) is 18.2 Å². The van der Waals surface area contributed by atoms with E-state index in [1.165, 1.54) is 0 Å². The molecule has 0 bridgehead atoms. The predicted octanol–water partition coefficient (Wildman–Crippen LogP) is 0.0201. The van der Waals surface area contributed by atoms with E-state index in [4.69, 9.17) is 10.6 Å². The van der Waals surface area contributed by atoms with Crippen LogP contribution in [-0.4, -0.2) is 24.5 Å². The normalized spacial score (nSPS) is 11.8. The fourth-order valence-electron chi connectivity index (χ4n) is 1.06. The van der Waals surface area contributed by atoms with Crippen LogP contribution in [0.1, 0.15) is 6.92 Å². The number of nitrogens with two attached hydrogens (primary N) is 1. The van der Waals surface area contributed by atoms with E-state index in [2.05, 4.69) is 10.8 Å². The lowest BCUT2D eigenvalue weighted by Crippen LogP contribution is -2.39. The first kappa shape index (κ1) is 13.1. The Morgan fingerprint density at radius 3 is 2.59 bits per heavy atom. The van der Waals surface area contributed by atoms with E-state index >= 15 is 0 Å². The standard InChI is InChI=1S/C11H15N3O3/c1-8(14-17-7-10(12)15)11(16)13-9-5-3-2-4-6-9/h2-6,8,14H,7H2,1H3,(H2,12,15)(H,13,16). The van der Waals surface area contributed by atoms with Gasteiger partial charge in [0.1, 0.15) is 12.6 Å². The van der Waals surface area contributed by atoms with Crippen LogP contribution in [-0.2, 0) is 14.4 Å². The maximum Gasteiger partial charge on any atom is 0.245 e. The Morgan fingerprint density at radius 2 is 2.00 bits per heavy atom. The van der Waals surface area contributed by atoms with Crippen LogP contribution in [0.3, 0.4) is 0 Å². The van der Waals surface area contributed by atoms with Crippen LogP contribution in [0.5, 0.6) is 0 Å². The Morgan fingerprint density at radius 1 is 1.35 bits per heavy atom. The highest BCUT2D eigenvalue weighted by Gasteiger charge is 2.12. The van der Waals surface area contributed by atoms with Gasteiger partial charge in [-0.05, 0) is 19.1 Å². The zero-order valence-corrected chi connectivity index (χ0v) is 9.47. The molecule has 0 saturated carbocycles. The lowest BCUT2D eigenvalue weighted by molar-refractivity contribution is -0.130. The van der Waals surface area contributed by atoms with Crippen molar-refractivity contribution in [3.63, 3.8) is 0 Å². The minimum absolute atomic E-state index is 0.263. The van der Waals surface area contributed by atoms with Gasteiger partial charge >= 0.3 is 0 Å². The molecule has 1 aromatic carbocycles. The molecule has 1 aromatic rings. The first-order valence-electron chi connectivity index (χ1n) is 5.11. The SMILES string of the molecule is CC(NOCC(N)=O)C(=O)Nc1ccccc1. The molecule has 0 aliphatic carbocycles. The number of hydroxylamine groups is 1. The molecule has 6 heteroatoms. The summed E-state index contributed by atoms with van der Waals surface area (Å²) in [6, 6.07) is 8.45. The summed E-state index contributed by atoms with van der Waals surface area (Å²) in [5.74, 6) is -0.867. The highest BCUT2D eigenvalue weighted by atomic mass is 16.6. The fourth-order valence-corrected chi connectivity index (χ4v) is 1.06. The van der Waals surface area contributed by atoms with Crippen LogP contribution in [0.15, 0.2) is 30.3 Å². The lowest BCUT2D eigenvalue weighted by Gasteiger charge is -2.13. The van der Waals surface area contributed by atoms with Crippen LogP contribution >= 0.6 is 0 Å². The van der Waals surface area contributed by atoms with Crippen LogP contribution < -0.4 is 16.5 Å². The van der Waals surface area contributed by atoms with Crippen molar-refractivity contribution in [2.24, 2.45) is 5.73 Å². The minimum Gasteiger partial charge on any atom is -0.368 e. The summed E-state index contributed by atoms with van der Waals surface area (Å²) in [5.41, 5.74) is 7.99. The molecule has 6 nitrogen and oxygen atoms in total. The molecule has 0 fully saturated rings. The van der Waals surface area contributed by atoms with Crippen LogP contribution in [0.2, 0.25) is 0 Å². The molecule has 2 amide bonds. The first-order chi connectivity index (χ1) is 8.09. The molecule has 0 radical (unpaired) electrons. The van der Waals surface area contributed by atoms with Crippen molar-refractivity contribution in [3.05, 3.63) is 30.3 Å². The summed E-state index contributed by atoms with van der Waals surface area (Å²) in [5, 5.41) is 2.68. The first-order valence-corrected chi connectivity index (χ1v) is 5.11. The summed E-state index contributed by atoms with van der Waals surface area (Å²) < 4.78 is 0. The predicted molar refractivity (Wildman–Crippen MR) is 62.8 cm³/mol. The van der Waals surface area contributed by atoms with E-state index in [0.717, 1.165) is 0 Å². The van der Waals surface area contributed by atoms with Crippen molar-refractivity contribution in [3.8, 4) is 0 Å². The highest BCUT2D eigenvalue weighted by Crippen LogP contribution is 2.05. The Labute approximate surface area is 99.1 Å². The van der Waals surface area contributed by atoms with Crippen LogP contribution in [0.4, 0.5) is 5.69 Å². The highest BCUT2D eigenvalue weighted by molar-refractivity contribution is 5.94. The van der Waals surface area contributed by atoms with Gasteiger partial charge in [0.05, 0.1) is 0 Å². The number of carbonyl (C=O) groups excluding carboxylic acids is 2. The molecule has 0 aromatic heterocycles. The van der Waals surface area contributed by atoms with E-state index in [0.29, 0.717) is 5.69 Å². The van der Waals surface area contributed by atoms with Gasteiger partial charge in [0, 0.05) is 5.69 Å². The van der Waals surface area contributed by atoms with E-state index in [1.807, 2.05) is 18.2 Å². The smallest absolute Gasteiger partial charge is 0.245 e.